The summed E-state index contributed by atoms with van der Waals surface area (Å²) < 4.78 is 26.8. The Morgan fingerprint density at radius 3 is 2.38 bits per heavy atom. The summed E-state index contributed by atoms with van der Waals surface area (Å²) in [5.41, 5.74) is 4.12. The van der Waals surface area contributed by atoms with Gasteiger partial charge in [0.2, 0.25) is 10.0 Å². The molecule has 0 aromatic heterocycles. The molecule has 0 fully saturated rings. The molecule has 6 nitrogen and oxygen atoms in total. The van der Waals surface area contributed by atoms with Crippen molar-refractivity contribution >= 4 is 27.7 Å². The maximum atomic E-state index is 12.1. The van der Waals surface area contributed by atoms with Crippen LogP contribution in [-0.4, -0.2) is 21.4 Å². The van der Waals surface area contributed by atoms with Crippen LogP contribution in [-0.2, 0) is 25.4 Å². The van der Waals surface area contributed by atoms with E-state index in [0.717, 1.165) is 5.56 Å². The Hall–Kier alpha value is -2.64. The summed E-state index contributed by atoms with van der Waals surface area (Å²) in [6.45, 7) is 0. The van der Waals surface area contributed by atoms with E-state index in [1.807, 2.05) is 6.07 Å². The number of hydrogen-bond donors (Lipinski definition) is 2. The van der Waals surface area contributed by atoms with Crippen LogP contribution in [0.15, 0.2) is 60.7 Å². The van der Waals surface area contributed by atoms with Gasteiger partial charge in [-0.3, -0.25) is 14.4 Å². The fourth-order valence-electron chi connectivity index (χ4n) is 1.97. The zero-order chi connectivity index (χ0) is 17.4. The summed E-state index contributed by atoms with van der Waals surface area (Å²) in [5.74, 6) is -0.507. The molecule has 1 amide bonds. The zero-order valence-electron chi connectivity index (χ0n) is 13.1. The fraction of sp³-hybridized carbons (Fsp3) is 0.118. The van der Waals surface area contributed by atoms with Crippen LogP contribution in [0, 0.1) is 0 Å². The normalized spacial score (nSPS) is 11.4. The summed E-state index contributed by atoms with van der Waals surface area (Å²) in [5, 5.41) is 0. The third-order valence-electron chi connectivity index (χ3n) is 3.01. The second-order valence-corrected chi connectivity index (χ2v) is 6.69. The van der Waals surface area contributed by atoms with Crippen molar-refractivity contribution < 1.29 is 18.0 Å². The number of hydrogen-bond acceptors (Lipinski definition) is 4. The summed E-state index contributed by atoms with van der Waals surface area (Å²) in [7, 11) is -2.13. The predicted octanol–water partition coefficient (Wildman–Crippen LogP) is 2.32. The first-order valence-corrected chi connectivity index (χ1v) is 8.79. The van der Waals surface area contributed by atoms with E-state index in [0.29, 0.717) is 11.3 Å². The first kappa shape index (κ1) is 17.7. The number of carbonyl (C=O) groups is 1. The van der Waals surface area contributed by atoms with Gasteiger partial charge >= 0.3 is 0 Å². The molecule has 2 aromatic rings. The van der Waals surface area contributed by atoms with Gasteiger partial charge in [-0.05, 0) is 29.3 Å². The lowest BCUT2D eigenvalue weighted by Gasteiger charge is -2.08. The Balaban J connectivity index is 1.99. The number of rotatable bonds is 7. The van der Waals surface area contributed by atoms with E-state index >= 15 is 0 Å². The van der Waals surface area contributed by atoms with Gasteiger partial charge in [-0.2, -0.15) is 0 Å². The molecule has 0 spiro atoms. The lowest BCUT2D eigenvalue weighted by Crippen LogP contribution is -2.18. The average Bonchev–Trinajstić information content (AvgIpc) is 2.54. The average molecular weight is 346 g/mol. The minimum absolute atomic E-state index is 0.129. The molecule has 0 unspecified atom stereocenters. The molecule has 0 saturated carbocycles. The molecule has 0 aliphatic rings. The van der Waals surface area contributed by atoms with E-state index in [1.54, 1.807) is 54.6 Å². The standard InChI is InChI=1S/C17H18N2O4S/c1-23-18-17(20)12-11-14-7-9-15(10-8-14)13-24(21,22)19-16-5-3-2-4-6-16/h2-12,19H,13H2,1H3,(H,18,20)/b12-11+. The Kier molecular flexibility index (Phi) is 6.11. The lowest BCUT2D eigenvalue weighted by molar-refractivity contribution is -0.126. The molecular weight excluding hydrogens is 328 g/mol. The minimum Gasteiger partial charge on any atom is -0.283 e. The van der Waals surface area contributed by atoms with Crippen molar-refractivity contribution in [2.45, 2.75) is 5.75 Å². The fourth-order valence-corrected chi connectivity index (χ4v) is 3.17. The number of anilines is 1. The first-order valence-electron chi connectivity index (χ1n) is 7.14. The molecule has 0 saturated heterocycles. The number of para-hydroxylation sites is 1. The molecule has 0 radical (unpaired) electrons. The molecule has 7 heteroatoms. The molecule has 24 heavy (non-hydrogen) atoms. The van der Waals surface area contributed by atoms with Crippen LogP contribution in [0.5, 0.6) is 0 Å². The largest absolute Gasteiger partial charge is 0.283 e. The van der Waals surface area contributed by atoms with Crippen LogP contribution in [0.4, 0.5) is 5.69 Å². The molecule has 0 aliphatic heterocycles. The van der Waals surface area contributed by atoms with E-state index in [4.69, 9.17) is 0 Å². The third kappa shape index (κ3) is 5.86. The number of benzene rings is 2. The minimum atomic E-state index is -3.48. The van der Waals surface area contributed by atoms with E-state index in [1.165, 1.54) is 13.2 Å². The van der Waals surface area contributed by atoms with E-state index in [9.17, 15) is 13.2 Å². The van der Waals surface area contributed by atoms with E-state index in [2.05, 4.69) is 15.0 Å². The van der Waals surface area contributed by atoms with Crippen LogP contribution >= 0.6 is 0 Å². The van der Waals surface area contributed by atoms with Crippen molar-refractivity contribution in [1.82, 2.24) is 5.48 Å². The molecule has 0 atom stereocenters. The SMILES string of the molecule is CONC(=O)/C=C/c1ccc(CS(=O)(=O)Nc2ccccc2)cc1. The maximum Gasteiger partial charge on any atom is 0.267 e. The highest BCUT2D eigenvalue weighted by atomic mass is 32.2. The highest BCUT2D eigenvalue weighted by Crippen LogP contribution is 2.13. The van der Waals surface area contributed by atoms with Gasteiger partial charge in [0.05, 0.1) is 12.9 Å². The quantitative estimate of drug-likeness (QED) is 0.595. The Labute approximate surface area is 141 Å². The van der Waals surface area contributed by atoms with Crippen molar-refractivity contribution in [3.8, 4) is 0 Å². The van der Waals surface area contributed by atoms with Gasteiger partial charge in [-0.1, -0.05) is 42.5 Å². The van der Waals surface area contributed by atoms with Crippen LogP contribution < -0.4 is 10.2 Å². The first-order chi connectivity index (χ1) is 11.5. The molecular formula is C17H18N2O4S. The van der Waals surface area contributed by atoms with Gasteiger partial charge in [-0.25, -0.2) is 13.9 Å². The summed E-state index contributed by atoms with van der Waals surface area (Å²) in [6.07, 6.45) is 2.93. The van der Waals surface area contributed by atoms with Crippen LogP contribution in [0.25, 0.3) is 6.08 Å². The van der Waals surface area contributed by atoms with Crippen molar-refractivity contribution in [2.24, 2.45) is 0 Å². The zero-order valence-corrected chi connectivity index (χ0v) is 13.9. The summed E-state index contributed by atoms with van der Waals surface area (Å²) >= 11 is 0. The number of sulfonamides is 1. The second kappa shape index (κ2) is 8.28. The predicted molar refractivity (Wildman–Crippen MR) is 93.3 cm³/mol. The Bertz CT molecular complexity index is 800. The Morgan fingerprint density at radius 1 is 1.08 bits per heavy atom. The molecule has 2 rings (SSSR count). The Morgan fingerprint density at radius 2 is 1.75 bits per heavy atom. The molecule has 0 aliphatic carbocycles. The van der Waals surface area contributed by atoms with E-state index in [-0.39, 0.29) is 11.7 Å². The second-order valence-electron chi connectivity index (χ2n) is 4.97. The number of hydroxylamine groups is 1. The topological polar surface area (TPSA) is 84.5 Å². The van der Waals surface area contributed by atoms with Gasteiger partial charge < -0.3 is 0 Å². The highest BCUT2D eigenvalue weighted by molar-refractivity contribution is 7.91. The van der Waals surface area contributed by atoms with Crippen LogP contribution in [0.2, 0.25) is 0 Å². The molecule has 2 aromatic carbocycles. The smallest absolute Gasteiger partial charge is 0.267 e. The molecule has 0 heterocycles. The van der Waals surface area contributed by atoms with Gasteiger partial charge in [0.1, 0.15) is 0 Å². The number of nitrogens with one attached hydrogen (secondary N) is 2. The van der Waals surface area contributed by atoms with Gasteiger partial charge in [0.25, 0.3) is 5.91 Å². The summed E-state index contributed by atoms with van der Waals surface area (Å²) in [4.78, 5) is 15.7. The molecule has 126 valence electrons. The van der Waals surface area contributed by atoms with E-state index < -0.39 is 10.0 Å². The van der Waals surface area contributed by atoms with Crippen molar-refractivity contribution in [3.63, 3.8) is 0 Å². The van der Waals surface area contributed by atoms with Crippen LogP contribution in [0.1, 0.15) is 11.1 Å². The lowest BCUT2D eigenvalue weighted by atomic mass is 10.1. The number of carbonyl (C=O) groups excluding carboxylic acids is 1. The summed E-state index contributed by atoms with van der Waals surface area (Å²) in [6, 6.07) is 15.6. The molecule has 2 N–H and O–H groups in total. The molecule has 0 bridgehead atoms. The van der Waals surface area contributed by atoms with Gasteiger partial charge in [-0.15, -0.1) is 0 Å². The van der Waals surface area contributed by atoms with Gasteiger partial charge in [0, 0.05) is 11.8 Å². The number of amides is 1. The van der Waals surface area contributed by atoms with Crippen molar-refractivity contribution in [1.29, 1.82) is 0 Å². The van der Waals surface area contributed by atoms with Crippen molar-refractivity contribution in [2.75, 3.05) is 11.8 Å². The highest BCUT2D eigenvalue weighted by Gasteiger charge is 2.11. The van der Waals surface area contributed by atoms with Crippen molar-refractivity contribution in [3.05, 3.63) is 71.8 Å². The third-order valence-corrected chi connectivity index (χ3v) is 4.27. The van der Waals surface area contributed by atoms with Crippen LogP contribution in [0.3, 0.4) is 0 Å². The maximum absolute atomic E-state index is 12.1. The van der Waals surface area contributed by atoms with Gasteiger partial charge in [0.15, 0.2) is 0 Å². The monoisotopic (exact) mass is 346 g/mol.